The second-order valence-corrected chi connectivity index (χ2v) is 6.94. The molecule has 1 aromatic heterocycles. The molecule has 1 saturated carbocycles. The fourth-order valence-corrected chi connectivity index (χ4v) is 3.36. The molecule has 0 radical (unpaired) electrons. The van der Waals surface area contributed by atoms with Crippen LogP contribution in [0.4, 0.5) is 0 Å². The summed E-state index contributed by atoms with van der Waals surface area (Å²) in [4.78, 5) is 39.1. The molecular formula is C20H27N3O4. The standard InChI is InChI=1S/C20H27N3O4/c1-3-22-16-7-5-6-8-17(16)23(20(22)26)14-18(24)21(13-15-9-10-15)12-11-19(25)27-4-2/h5-8,15H,3-4,9-14H2,1-2H3. The van der Waals surface area contributed by atoms with E-state index in [-0.39, 0.29) is 30.5 Å². The van der Waals surface area contributed by atoms with Crippen molar-refractivity contribution in [2.45, 2.75) is 46.2 Å². The van der Waals surface area contributed by atoms with Crippen LogP contribution in [0.5, 0.6) is 0 Å². The molecular weight excluding hydrogens is 346 g/mol. The highest BCUT2D eigenvalue weighted by Gasteiger charge is 2.28. The van der Waals surface area contributed by atoms with Crippen LogP contribution >= 0.6 is 0 Å². The van der Waals surface area contributed by atoms with E-state index in [1.807, 2.05) is 31.2 Å². The first-order valence-electron chi connectivity index (χ1n) is 9.66. The number of aryl methyl sites for hydroxylation is 1. The molecule has 1 amide bonds. The van der Waals surface area contributed by atoms with Gasteiger partial charge in [-0.15, -0.1) is 0 Å². The molecule has 0 aliphatic heterocycles. The minimum absolute atomic E-state index is 0.0120. The molecule has 0 unspecified atom stereocenters. The zero-order valence-corrected chi connectivity index (χ0v) is 16.0. The van der Waals surface area contributed by atoms with Crippen molar-refractivity contribution >= 4 is 22.9 Å². The summed E-state index contributed by atoms with van der Waals surface area (Å²) in [6.45, 7) is 5.52. The van der Waals surface area contributed by atoms with E-state index in [2.05, 4.69) is 0 Å². The molecule has 0 saturated heterocycles. The second kappa shape index (κ2) is 8.41. The first-order valence-corrected chi connectivity index (χ1v) is 9.66. The average Bonchev–Trinajstić information content (AvgIpc) is 3.44. The summed E-state index contributed by atoms with van der Waals surface area (Å²) in [5, 5.41) is 0. The number of imidazole rings is 1. The van der Waals surface area contributed by atoms with Gasteiger partial charge < -0.3 is 9.64 Å². The predicted octanol–water partition coefficient (Wildman–Crippen LogP) is 2.01. The molecule has 0 spiro atoms. The van der Waals surface area contributed by atoms with Crippen LogP contribution in [0.3, 0.4) is 0 Å². The van der Waals surface area contributed by atoms with Crippen LogP contribution in [0, 0.1) is 5.92 Å². The van der Waals surface area contributed by atoms with Gasteiger partial charge in [0.25, 0.3) is 0 Å². The highest BCUT2D eigenvalue weighted by atomic mass is 16.5. The van der Waals surface area contributed by atoms with Crippen LogP contribution in [-0.4, -0.2) is 45.6 Å². The monoisotopic (exact) mass is 373 g/mol. The Labute approximate surface area is 158 Å². The maximum absolute atomic E-state index is 12.9. The molecule has 3 rings (SSSR count). The van der Waals surface area contributed by atoms with E-state index in [0.717, 1.165) is 23.9 Å². The zero-order chi connectivity index (χ0) is 19.4. The van der Waals surface area contributed by atoms with Gasteiger partial charge in [-0.05, 0) is 44.7 Å². The van der Waals surface area contributed by atoms with Crippen LogP contribution < -0.4 is 5.69 Å². The van der Waals surface area contributed by atoms with Crippen LogP contribution in [0.2, 0.25) is 0 Å². The Morgan fingerprint density at radius 3 is 2.41 bits per heavy atom. The maximum atomic E-state index is 12.9. The van der Waals surface area contributed by atoms with Gasteiger partial charge in [-0.2, -0.15) is 0 Å². The molecule has 7 nitrogen and oxygen atoms in total. The normalized spacial score (nSPS) is 13.7. The second-order valence-electron chi connectivity index (χ2n) is 6.94. The number of para-hydroxylation sites is 2. The number of rotatable bonds is 9. The molecule has 0 bridgehead atoms. The summed E-state index contributed by atoms with van der Waals surface area (Å²) in [7, 11) is 0. The van der Waals surface area contributed by atoms with Gasteiger partial charge in [-0.3, -0.25) is 18.7 Å². The SMILES string of the molecule is CCOC(=O)CCN(CC1CC1)C(=O)Cn1c(=O)n(CC)c2ccccc21. The fourth-order valence-electron chi connectivity index (χ4n) is 3.36. The van der Waals surface area contributed by atoms with Crippen molar-refractivity contribution in [3.63, 3.8) is 0 Å². The molecule has 1 aromatic carbocycles. The number of benzene rings is 1. The molecule has 7 heteroatoms. The van der Waals surface area contributed by atoms with Gasteiger partial charge in [0.15, 0.2) is 0 Å². The molecule has 1 fully saturated rings. The largest absolute Gasteiger partial charge is 0.466 e. The highest BCUT2D eigenvalue weighted by molar-refractivity contribution is 5.81. The number of carbonyl (C=O) groups excluding carboxylic acids is 2. The molecule has 0 N–H and O–H groups in total. The van der Waals surface area contributed by atoms with E-state index in [1.165, 1.54) is 4.57 Å². The van der Waals surface area contributed by atoms with Crippen molar-refractivity contribution < 1.29 is 14.3 Å². The molecule has 1 aliphatic rings. The van der Waals surface area contributed by atoms with E-state index in [0.29, 0.717) is 32.2 Å². The molecule has 0 atom stereocenters. The van der Waals surface area contributed by atoms with E-state index in [1.54, 1.807) is 16.4 Å². The summed E-state index contributed by atoms with van der Waals surface area (Å²) >= 11 is 0. The van der Waals surface area contributed by atoms with E-state index < -0.39 is 0 Å². The molecule has 27 heavy (non-hydrogen) atoms. The molecule has 1 aliphatic carbocycles. The fraction of sp³-hybridized carbons (Fsp3) is 0.550. The highest BCUT2D eigenvalue weighted by Crippen LogP contribution is 2.30. The summed E-state index contributed by atoms with van der Waals surface area (Å²) in [5.74, 6) is 0.0722. The first-order chi connectivity index (χ1) is 13.0. The first kappa shape index (κ1) is 19.2. The van der Waals surface area contributed by atoms with Crippen molar-refractivity contribution in [1.29, 1.82) is 0 Å². The summed E-state index contributed by atoms with van der Waals surface area (Å²) in [5.41, 5.74) is 1.41. The Kier molecular flexibility index (Phi) is 5.98. The van der Waals surface area contributed by atoms with Crippen molar-refractivity contribution in [3.05, 3.63) is 34.7 Å². The Hall–Kier alpha value is -2.57. The Morgan fingerprint density at radius 1 is 1.15 bits per heavy atom. The van der Waals surface area contributed by atoms with Crippen molar-refractivity contribution in [2.24, 2.45) is 5.92 Å². The van der Waals surface area contributed by atoms with Gasteiger partial charge in [0, 0.05) is 19.6 Å². The molecule has 2 aromatic rings. The van der Waals surface area contributed by atoms with Crippen LogP contribution in [0.25, 0.3) is 11.0 Å². The van der Waals surface area contributed by atoms with Gasteiger partial charge in [0.1, 0.15) is 6.54 Å². The number of nitrogens with zero attached hydrogens (tertiary/aromatic N) is 3. The summed E-state index contributed by atoms with van der Waals surface area (Å²) in [6, 6.07) is 7.51. The van der Waals surface area contributed by atoms with E-state index >= 15 is 0 Å². The van der Waals surface area contributed by atoms with Crippen molar-refractivity contribution in [1.82, 2.24) is 14.0 Å². The number of hydrogen-bond acceptors (Lipinski definition) is 4. The Morgan fingerprint density at radius 2 is 1.81 bits per heavy atom. The molecule has 146 valence electrons. The quantitative estimate of drug-likeness (QED) is 0.630. The minimum Gasteiger partial charge on any atom is -0.466 e. The maximum Gasteiger partial charge on any atom is 0.329 e. The average molecular weight is 373 g/mol. The van der Waals surface area contributed by atoms with Gasteiger partial charge >= 0.3 is 11.7 Å². The summed E-state index contributed by atoms with van der Waals surface area (Å²) < 4.78 is 8.18. The lowest BCUT2D eigenvalue weighted by atomic mass is 10.3. The van der Waals surface area contributed by atoms with Gasteiger partial charge in [0.05, 0.1) is 24.1 Å². The number of esters is 1. The zero-order valence-electron chi connectivity index (χ0n) is 16.0. The lowest BCUT2D eigenvalue weighted by Gasteiger charge is -2.22. The van der Waals surface area contributed by atoms with Gasteiger partial charge in [0.2, 0.25) is 5.91 Å². The summed E-state index contributed by atoms with van der Waals surface area (Å²) in [6.07, 6.45) is 2.40. The number of carbonyl (C=O) groups is 2. The number of aromatic nitrogens is 2. The van der Waals surface area contributed by atoms with E-state index in [4.69, 9.17) is 4.74 Å². The third-order valence-corrected chi connectivity index (χ3v) is 4.95. The number of fused-ring (bicyclic) bond motifs is 1. The van der Waals surface area contributed by atoms with Crippen LogP contribution in [0.1, 0.15) is 33.1 Å². The predicted molar refractivity (Wildman–Crippen MR) is 102 cm³/mol. The number of amides is 1. The minimum atomic E-state index is -0.300. The third kappa shape index (κ3) is 4.40. The van der Waals surface area contributed by atoms with E-state index in [9.17, 15) is 14.4 Å². The number of hydrogen-bond donors (Lipinski definition) is 0. The number of ether oxygens (including phenoxy) is 1. The van der Waals surface area contributed by atoms with Gasteiger partial charge in [-0.25, -0.2) is 4.79 Å². The lowest BCUT2D eigenvalue weighted by molar-refractivity contribution is -0.144. The van der Waals surface area contributed by atoms with Crippen LogP contribution in [-0.2, 0) is 27.4 Å². The molecule has 1 heterocycles. The third-order valence-electron chi connectivity index (χ3n) is 4.95. The van der Waals surface area contributed by atoms with Gasteiger partial charge in [-0.1, -0.05) is 12.1 Å². The Bertz CT molecular complexity index is 879. The van der Waals surface area contributed by atoms with Crippen molar-refractivity contribution in [2.75, 3.05) is 19.7 Å². The van der Waals surface area contributed by atoms with Crippen molar-refractivity contribution in [3.8, 4) is 0 Å². The van der Waals surface area contributed by atoms with Crippen LogP contribution in [0.15, 0.2) is 29.1 Å². The topological polar surface area (TPSA) is 73.5 Å². The lowest BCUT2D eigenvalue weighted by Crippen LogP contribution is -2.39. The smallest absolute Gasteiger partial charge is 0.329 e. The Balaban J connectivity index is 1.79.